The van der Waals surface area contributed by atoms with Crippen molar-refractivity contribution in [2.45, 2.75) is 19.4 Å². The third kappa shape index (κ3) is 2.78. The lowest BCUT2D eigenvalue weighted by Gasteiger charge is -2.16. The molecule has 0 saturated carbocycles. The Hall–Kier alpha value is -3.41. The molecule has 1 aliphatic heterocycles. The van der Waals surface area contributed by atoms with E-state index < -0.39 is 0 Å². The first-order chi connectivity index (χ1) is 13.7. The van der Waals surface area contributed by atoms with Crippen molar-refractivity contribution in [3.8, 4) is 5.88 Å². The number of likely N-dealkylation sites (tertiary alicyclic amines) is 1. The van der Waals surface area contributed by atoms with Crippen LogP contribution in [0.1, 0.15) is 28.8 Å². The van der Waals surface area contributed by atoms with Crippen LogP contribution in [-0.4, -0.2) is 43.5 Å². The number of rotatable bonds is 3. The maximum Gasteiger partial charge on any atom is 0.253 e. The van der Waals surface area contributed by atoms with Crippen molar-refractivity contribution in [3.63, 3.8) is 0 Å². The summed E-state index contributed by atoms with van der Waals surface area (Å²) in [5.41, 5.74) is 3.80. The van der Waals surface area contributed by atoms with Crippen LogP contribution in [0.2, 0.25) is 0 Å². The Balaban J connectivity index is 1.54. The molecule has 1 saturated heterocycles. The quantitative estimate of drug-likeness (QED) is 0.597. The fourth-order valence-corrected chi connectivity index (χ4v) is 3.99. The highest BCUT2D eigenvalue weighted by molar-refractivity contribution is 6.04. The maximum atomic E-state index is 12.7. The number of pyridine rings is 1. The van der Waals surface area contributed by atoms with Crippen molar-refractivity contribution in [3.05, 3.63) is 66.0 Å². The number of amides is 1. The Bertz CT molecular complexity index is 1190. The number of aromatic hydroxyl groups is 1. The van der Waals surface area contributed by atoms with E-state index in [2.05, 4.69) is 9.97 Å². The fourth-order valence-electron chi connectivity index (χ4n) is 3.99. The van der Waals surface area contributed by atoms with Crippen LogP contribution in [0.3, 0.4) is 0 Å². The van der Waals surface area contributed by atoms with E-state index in [4.69, 9.17) is 0 Å². The second-order valence-corrected chi connectivity index (χ2v) is 7.22. The number of benzene rings is 2. The molecule has 1 fully saturated rings. The highest BCUT2D eigenvalue weighted by Gasteiger charge is 2.20. The molecule has 3 heterocycles. The summed E-state index contributed by atoms with van der Waals surface area (Å²) < 4.78 is 2.00. The molecule has 4 aromatic rings. The van der Waals surface area contributed by atoms with Gasteiger partial charge in [0.05, 0.1) is 17.4 Å². The van der Waals surface area contributed by atoms with Gasteiger partial charge in [0.25, 0.3) is 5.91 Å². The number of imidazole rings is 1. The number of fused-ring (bicyclic) bond motifs is 3. The van der Waals surface area contributed by atoms with Gasteiger partial charge in [0.15, 0.2) is 5.52 Å². The molecule has 1 N–H and O–H groups in total. The van der Waals surface area contributed by atoms with Crippen LogP contribution in [-0.2, 0) is 6.54 Å². The molecule has 6 nitrogen and oxygen atoms in total. The topological polar surface area (TPSA) is 71.2 Å². The lowest BCUT2D eigenvalue weighted by molar-refractivity contribution is 0.0792. The smallest absolute Gasteiger partial charge is 0.253 e. The van der Waals surface area contributed by atoms with Gasteiger partial charge in [-0.3, -0.25) is 4.79 Å². The monoisotopic (exact) mass is 372 g/mol. The van der Waals surface area contributed by atoms with Crippen LogP contribution in [0.15, 0.2) is 54.9 Å². The van der Waals surface area contributed by atoms with Crippen LogP contribution in [0.4, 0.5) is 0 Å². The molecular formula is C22H20N4O2. The number of nitrogens with zero attached hydrogens (tertiary/aromatic N) is 4. The van der Waals surface area contributed by atoms with Gasteiger partial charge in [0, 0.05) is 30.6 Å². The zero-order valence-electron chi connectivity index (χ0n) is 15.4. The van der Waals surface area contributed by atoms with E-state index in [1.807, 2.05) is 58.0 Å². The molecule has 6 heteroatoms. The van der Waals surface area contributed by atoms with E-state index in [0.29, 0.717) is 12.1 Å². The second-order valence-electron chi connectivity index (χ2n) is 7.22. The van der Waals surface area contributed by atoms with Crippen molar-refractivity contribution >= 4 is 27.8 Å². The molecule has 0 spiro atoms. The predicted octanol–water partition coefficient (Wildman–Crippen LogP) is 3.57. The third-order valence-electron chi connectivity index (χ3n) is 5.36. The normalized spacial score (nSPS) is 14.2. The van der Waals surface area contributed by atoms with Crippen LogP contribution < -0.4 is 0 Å². The predicted molar refractivity (Wildman–Crippen MR) is 107 cm³/mol. The molecule has 2 aromatic heterocycles. The molecule has 1 aliphatic rings. The van der Waals surface area contributed by atoms with E-state index >= 15 is 0 Å². The van der Waals surface area contributed by atoms with Gasteiger partial charge in [0.2, 0.25) is 5.88 Å². The average molecular weight is 372 g/mol. The Morgan fingerprint density at radius 3 is 2.75 bits per heavy atom. The molecule has 0 radical (unpaired) electrons. The summed E-state index contributed by atoms with van der Waals surface area (Å²) in [6.07, 6.45) is 3.88. The summed E-state index contributed by atoms with van der Waals surface area (Å²) in [6, 6.07) is 15.5. The van der Waals surface area contributed by atoms with Crippen molar-refractivity contribution in [1.82, 2.24) is 19.4 Å². The summed E-state index contributed by atoms with van der Waals surface area (Å²) in [7, 11) is 0. The first-order valence-electron chi connectivity index (χ1n) is 9.51. The van der Waals surface area contributed by atoms with Crippen molar-refractivity contribution in [2.24, 2.45) is 0 Å². The number of hydrogen-bond acceptors (Lipinski definition) is 4. The van der Waals surface area contributed by atoms with Crippen molar-refractivity contribution in [2.75, 3.05) is 13.1 Å². The van der Waals surface area contributed by atoms with E-state index in [0.717, 1.165) is 53.5 Å². The molecule has 2 aromatic carbocycles. The number of carbonyl (C=O) groups is 1. The Morgan fingerprint density at radius 2 is 1.89 bits per heavy atom. The number of carbonyl (C=O) groups excluding carboxylic acids is 1. The lowest BCUT2D eigenvalue weighted by atomic mass is 10.1. The molecule has 5 rings (SSSR count). The van der Waals surface area contributed by atoms with Gasteiger partial charge < -0.3 is 14.6 Å². The number of aromatic nitrogens is 3. The van der Waals surface area contributed by atoms with Crippen molar-refractivity contribution in [1.29, 1.82) is 0 Å². The summed E-state index contributed by atoms with van der Waals surface area (Å²) in [5, 5.41) is 11.2. The number of hydrogen-bond donors (Lipinski definition) is 1. The van der Waals surface area contributed by atoms with E-state index in [9.17, 15) is 9.90 Å². The van der Waals surface area contributed by atoms with Gasteiger partial charge in [-0.1, -0.05) is 30.3 Å². The third-order valence-corrected chi connectivity index (χ3v) is 5.36. The summed E-state index contributed by atoms with van der Waals surface area (Å²) in [4.78, 5) is 23.2. The summed E-state index contributed by atoms with van der Waals surface area (Å²) in [5.74, 6) is 0.0348. The molecule has 0 atom stereocenters. The van der Waals surface area contributed by atoms with E-state index in [1.165, 1.54) is 0 Å². The Labute approximate surface area is 162 Å². The zero-order valence-corrected chi connectivity index (χ0v) is 15.4. The standard InChI is InChI=1S/C22H20N4O2/c27-21-19-20(17-8-1-2-9-18(17)24-21)26(14-23-19)13-15-6-5-7-16(12-15)22(28)25-10-3-4-11-25/h1-2,5-9,12,14H,3-4,10-11,13H2,(H,24,27). The van der Waals surface area contributed by atoms with Gasteiger partial charge in [-0.2, -0.15) is 0 Å². The van der Waals surface area contributed by atoms with Gasteiger partial charge in [-0.15, -0.1) is 0 Å². The number of para-hydroxylation sites is 1. The molecule has 140 valence electrons. The highest BCUT2D eigenvalue weighted by Crippen LogP contribution is 2.29. The first-order valence-corrected chi connectivity index (χ1v) is 9.51. The zero-order chi connectivity index (χ0) is 19.1. The van der Waals surface area contributed by atoms with Crippen LogP contribution in [0, 0.1) is 0 Å². The second kappa shape index (κ2) is 6.64. The Kier molecular flexibility index (Phi) is 3.97. The maximum absolute atomic E-state index is 12.7. The van der Waals surface area contributed by atoms with Gasteiger partial charge in [-0.05, 0) is 36.6 Å². The molecule has 0 aliphatic carbocycles. The van der Waals surface area contributed by atoms with Crippen molar-refractivity contribution < 1.29 is 9.90 Å². The molecule has 1 amide bonds. The van der Waals surface area contributed by atoms with Crippen LogP contribution in [0.25, 0.3) is 21.9 Å². The molecular weight excluding hydrogens is 352 g/mol. The molecule has 0 unspecified atom stereocenters. The lowest BCUT2D eigenvalue weighted by Crippen LogP contribution is -2.27. The minimum atomic E-state index is -0.0644. The van der Waals surface area contributed by atoms with Gasteiger partial charge in [-0.25, -0.2) is 9.97 Å². The fraction of sp³-hybridized carbons (Fsp3) is 0.227. The Morgan fingerprint density at radius 1 is 1.07 bits per heavy atom. The van der Waals surface area contributed by atoms with Crippen LogP contribution in [0.5, 0.6) is 5.88 Å². The molecule has 0 bridgehead atoms. The van der Waals surface area contributed by atoms with E-state index in [1.54, 1.807) is 6.33 Å². The van der Waals surface area contributed by atoms with E-state index in [-0.39, 0.29) is 11.8 Å². The average Bonchev–Trinajstić information content (AvgIpc) is 3.39. The molecule has 28 heavy (non-hydrogen) atoms. The van der Waals surface area contributed by atoms with Crippen LogP contribution >= 0.6 is 0 Å². The van der Waals surface area contributed by atoms with Gasteiger partial charge >= 0.3 is 0 Å². The SMILES string of the molecule is O=C(c1cccc(Cn2cnc3c(O)nc4ccccc4c32)c1)N1CCCC1. The summed E-state index contributed by atoms with van der Waals surface area (Å²) in [6.45, 7) is 2.24. The minimum absolute atomic E-state index is 0.0644. The highest BCUT2D eigenvalue weighted by atomic mass is 16.3. The van der Waals surface area contributed by atoms with Gasteiger partial charge in [0.1, 0.15) is 0 Å². The first kappa shape index (κ1) is 16.7. The largest absolute Gasteiger partial charge is 0.492 e. The summed E-state index contributed by atoms with van der Waals surface area (Å²) >= 11 is 0. The minimum Gasteiger partial charge on any atom is -0.492 e.